The van der Waals surface area contributed by atoms with E-state index in [2.05, 4.69) is 47.7 Å². The highest BCUT2D eigenvalue weighted by Gasteiger charge is 2.66. The van der Waals surface area contributed by atoms with Crippen LogP contribution in [0.3, 0.4) is 0 Å². The van der Waals surface area contributed by atoms with Crippen LogP contribution in [-0.2, 0) is 11.3 Å². The van der Waals surface area contributed by atoms with Crippen molar-refractivity contribution in [2.75, 3.05) is 13.7 Å². The summed E-state index contributed by atoms with van der Waals surface area (Å²) in [6.07, 6.45) is 5.65. The lowest BCUT2D eigenvalue weighted by atomic mass is 9.46. The van der Waals surface area contributed by atoms with Crippen LogP contribution in [0, 0.1) is 25.2 Å². The van der Waals surface area contributed by atoms with Crippen molar-refractivity contribution >= 4 is 5.96 Å². The molecule has 3 atom stereocenters. The van der Waals surface area contributed by atoms with Crippen molar-refractivity contribution < 1.29 is 4.74 Å². The van der Waals surface area contributed by atoms with Crippen LogP contribution in [0.4, 0.5) is 0 Å². The van der Waals surface area contributed by atoms with Gasteiger partial charge in [-0.2, -0.15) is 0 Å². The Morgan fingerprint density at radius 2 is 2.17 bits per heavy atom. The molecule has 4 rings (SSSR count). The number of nitrogens with one attached hydrogen (secondary N) is 2. The minimum atomic E-state index is 0.387. The molecule has 24 heavy (non-hydrogen) atoms. The lowest BCUT2D eigenvalue weighted by Crippen LogP contribution is -2.72. The van der Waals surface area contributed by atoms with E-state index in [0.29, 0.717) is 23.5 Å². The van der Waals surface area contributed by atoms with Crippen LogP contribution in [-0.4, -0.2) is 31.8 Å². The molecule has 4 heteroatoms. The van der Waals surface area contributed by atoms with Crippen LogP contribution in [0.25, 0.3) is 0 Å². The number of fused-ring (bicyclic) bond motifs is 2. The molecule has 3 aliphatic rings. The van der Waals surface area contributed by atoms with Crippen molar-refractivity contribution in [1.82, 2.24) is 10.6 Å². The number of aryl methyl sites for hydroxylation is 2. The third-order valence-electron chi connectivity index (χ3n) is 6.50. The molecule has 1 aromatic carbocycles. The number of nitrogens with zero attached hydrogens (tertiary/aromatic N) is 1. The quantitative estimate of drug-likeness (QED) is 0.663. The maximum atomic E-state index is 6.01. The third-order valence-corrected chi connectivity index (χ3v) is 6.50. The van der Waals surface area contributed by atoms with Crippen LogP contribution >= 0.6 is 0 Å². The minimum absolute atomic E-state index is 0.387. The predicted octanol–water partition coefficient (Wildman–Crippen LogP) is 2.93. The minimum Gasteiger partial charge on any atom is -0.377 e. The first kappa shape index (κ1) is 15.9. The highest BCUT2D eigenvalue weighted by molar-refractivity contribution is 5.80. The first-order valence-corrected chi connectivity index (χ1v) is 9.29. The fourth-order valence-electron chi connectivity index (χ4n) is 5.02. The average Bonchev–Trinajstić information content (AvgIpc) is 2.92. The first-order valence-electron chi connectivity index (χ1n) is 9.29. The first-order chi connectivity index (χ1) is 11.6. The van der Waals surface area contributed by atoms with Crippen LogP contribution in [0.5, 0.6) is 0 Å². The summed E-state index contributed by atoms with van der Waals surface area (Å²) in [5.41, 5.74) is 4.37. The monoisotopic (exact) mass is 327 g/mol. The SMILES string of the molecule is CN=C(NCc1ccc(C)cc1C)NC1C2CCOC2C12CCC2. The molecule has 2 aliphatic carbocycles. The number of hydrogen-bond acceptors (Lipinski definition) is 2. The largest absolute Gasteiger partial charge is 0.377 e. The van der Waals surface area contributed by atoms with Gasteiger partial charge in [0.2, 0.25) is 0 Å². The molecule has 1 saturated heterocycles. The fraction of sp³-hybridized carbons (Fsp3) is 0.650. The van der Waals surface area contributed by atoms with E-state index in [1.54, 1.807) is 0 Å². The maximum Gasteiger partial charge on any atom is 0.191 e. The second-order valence-electron chi connectivity index (χ2n) is 7.81. The normalized spacial score (nSPS) is 30.5. The van der Waals surface area contributed by atoms with E-state index in [-0.39, 0.29) is 0 Å². The molecule has 130 valence electrons. The van der Waals surface area contributed by atoms with E-state index in [1.807, 2.05) is 7.05 Å². The zero-order chi connectivity index (χ0) is 16.7. The molecule has 0 amide bonds. The zero-order valence-electron chi connectivity index (χ0n) is 15.1. The molecular formula is C20H29N3O. The maximum absolute atomic E-state index is 6.01. The van der Waals surface area contributed by atoms with Gasteiger partial charge in [-0.05, 0) is 44.2 Å². The molecule has 3 fully saturated rings. The molecule has 3 unspecified atom stereocenters. The van der Waals surface area contributed by atoms with E-state index in [1.165, 1.54) is 42.4 Å². The van der Waals surface area contributed by atoms with Gasteiger partial charge in [-0.15, -0.1) is 0 Å². The highest BCUT2D eigenvalue weighted by Crippen LogP contribution is 2.62. The van der Waals surface area contributed by atoms with E-state index in [4.69, 9.17) is 4.74 Å². The smallest absolute Gasteiger partial charge is 0.191 e. The molecule has 1 aromatic rings. The van der Waals surface area contributed by atoms with Crippen LogP contribution in [0.15, 0.2) is 23.2 Å². The van der Waals surface area contributed by atoms with E-state index in [0.717, 1.165) is 19.1 Å². The molecule has 0 aromatic heterocycles. The lowest BCUT2D eigenvalue weighted by molar-refractivity contribution is -0.171. The highest BCUT2D eigenvalue weighted by atomic mass is 16.5. The van der Waals surface area contributed by atoms with Crippen molar-refractivity contribution in [2.24, 2.45) is 16.3 Å². The summed E-state index contributed by atoms with van der Waals surface area (Å²) in [6, 6.07) is 7.16. The van der Waals surface area contributed by atoms with Gasteiger partial charge in [0.1, 0.15) is 0 Å². The van der Waals surface area contributed by atoms with Crippen molar-refractivity contribution in [3.05, 3.63) is 34.9 Å². The van der Waals surface area contributed by atoms with Gasteiger partial charge in [0.05, 0.1) is 6.10 Å². The Hall–Kier alpha value is -1.55. The number of hydrogen-bond donors (Lipinski definition) is 2. The molecule has 0 bridgehead atoms. The Kier molecular flexibility index (Phi) is 4.03. The standard InChI is InChI=1S/C20H29N3O/c1-13-5-6-15(14(2)11-13)12-22-19(21-3)23-17-16-7-10-24-18(16)20(17)8-4-9-20/h5-6,11,16-18H,4,7-10,12H2,1-3H3,(H2,21,22,23). The number of benzene rings is 1. The summed E-state index contributed by atoms with van der Waals surface area (Å²) in [5.74, 6) is 1.60. The molecule has 1 spiro atoms. The lowest BCUT2D eigenvalue weighted by Gasteiger charge is -2.63. The molecule has 0 radical (unpaired) electrons. The molecule has 4 nitrogen and oxygen atoms in total. The summed E-state index contributed by atoms with van der Waals surface area (Å²) in [4.78, 5) is 4.46. The van der Waals surface area contributed by atoms with Gasteiger partial charge in [-0.3, -0.25) is 4.99 Å². The Morgan fingerprint density at radius 1 is 1.33 bits per heavy atom. The molecule has 1 aliphatic heterocycles. The Bertz CT molecular complexity index is 650. The van der Waals surface area contributed by atoms with Gasteiger partial charge in [-0.1, -0.05) is 30.2 Å². The van der Waals surface area contributed by atoms with Crippen molar-refractivity contribution in [1.29, 1.82) is 0 Å². The molecule has 2 saturated carbocycles. The van der Waals surface area contributed by atoms with Crippen LogP contribution in [0.1, 0.15) is 42.4 Å². The van der Waals surface area contributed by atoms with E-state index < -0.39 is 0 Å². The van der Waals surface area contributed by atoms with Gasteiger partial charge in [0.15, 0.2) is 5.96 Å². The molecular weight excluding hydrogens is 298 g/mol. The summed E-state index contributed by atoms with van der Waals surface area (Å²) in [6.45, 7) is 6.06. The van der Waals surface area contributed by atoms with Crippen molar-refractivity contribution in [3.8, 4) is 0 Å². The number of rotatable bonds is 3. The van der Waals surface area contributed by atoms with Crippen LogP contribution in [0.2, 0.25) is 0 Å². The number of aliphatic imine (C=N–C) groups is 1. The molecule has 1 heterocycles. The zero-order valence-corrected chi connectivity index (χ0v) is 15.1. The summed E-state index contributed by atoms with van der Waals surface area (Å²) < 4.78 is 6.01. The summed E-state index contributed by atoms with van der Waals surface area (Å²) in [5, 5.41) is 7.24. The van der Waals surface area contributed by atoms with E-state index >= 15 is 0 Å². The van der Waals surface area contributed by atoms with Crippen molar-refractivity contribution in [2.45, 2.75) is 58.2 Å². The third kappa shape index (κ3) is 2.43. The Morgan fingerprint density at radius 3 is 2.83 bits per heavy atom. The Balaban J connectivity index is 1.40. The molecule has 2 N–H and O–H groups in total. The average molecular weight is 327 g/mol. The second-order valence-corrected chi connectivity index (χ2v) is 7.81. The summed E-state index contributed by atoms with van der Waals surface area (Å²) in [7, 11) is 1.87. The van der Waals surface area contributed by atoms with Crippen molar-refractivity contribution in [3.63, 3.8) is 0 Å². The topological polar surface area (TPSA) is 45.7 Å². The van der Waals surface area contributed by atoms with Gasteiger partial charge in [0.25, 0.3) is 0 Å². The number of ether oxygens (including phenoxy) is 1. The van der Waals surface area contributed by atoms with Gasteiger partial charge < -0.3 is 15.4 Å². The van der Waals surface area contributed by atoms with Gasteiger partial charge in [0, 0.05) is 37.6 Å². The van der Waals surface area contributed by atoms with Crippen LogP contribution < -0.4 is 10.6 Å². The van der Waals surface area contributed by atoms with E-state index in [9.17, 15) is 0 Å². The number of guanidine groups is 1. The van der Waals surface area contributed by atoms with Gasteiger partial charge in [-0.25, -0.2) is 0 Å². The summed E-state index contributed by atoms with van der Waals surface area (Å²) >= 11 is 0. The second kappa shape index (κ2) is 6.07. The predicted molar refractivity (Wildman–Crippen MR) is 97.2 cm³/mol. The Labute approximate surface area is 145 Å². The fourth-order valence-corrected chi connectivity index (χ4v) is 5.02. The van der Waals surface area contributed by atoms with Gasteiger partial charge >= 0.3 is 0 Å².